The van der Waals surface area contributed by atoms with E-state index in [-0.39, 0.29) is 11.7 Å². The van der Waals surface area contributed by atoms with E-state index in [2.05, 4.69) is 15.9 Å². The van der Waals surface area contributed by atoms with Crippen molar-refractivity contribution in [3.63, 3.8) is 0 Å². The summed E-state index contributed by atoms with van der Waals surface area (Å²) in [6.07, 6.45) is 0. The number of halogens is 2. The van der Waals surface area contributed by atoms with Crippen LogP contribution in [0.3, 0.4) is 0 Å². The summed E-state index contributed by atoms with van der Waals surface area (Å²) in [5, 5.41) is 0. The van der Waals surface area contributed by atoms with E-state index in [0.717, 1.165) is 27.3 Å². The standard InChI is InChI=1S/C15H15BrClNO2/c1-9-6-12(14(19)8-17)10(2)18(9)11-4-5-15(20-3)13(16)7-11/h4-7H,8H2,1-3H3. The van der Waals surface area contributed by atoms with Crippen molar-refractivity contribution in [1.82, 2.24) is 4.57 Å². The molecule has 106 valence electrons. The number of carbonyl (C=O) groups excluding carboxylic acids is 1. The average molecular weight is 357 g/mol. The minimum atomic E-state index is -0.0569. The molecule has 1 heterocycles. The van der Waals surface area contributed by atoms with Crippen LogP contribution in [0.2, 0.25) is 0 Å². The number of nitrogens with zero attached hydrogens (tertiary/aromatic N) is 1. The number of carbonyl (C=O) groups is 1. The topological polar surface area (TPSA) is 31.2 Å². The maximum absolute atomic E-state index is 11.8. The third-order valence-electron chi connectivity index (χ3n) is 3.25. The lowest BCUT2D eigenvalue weighted by Gasteiger charge is -2.12. The molecular weight excluding hydrogens is 342 g/mol. The molecule has 0 unspecified atom stereocenters. The summed E-state index contributed by atoms with van der Waals surface area (Å²) >= 11 is 9.12. The number of aryl methyl sites for hydroxylation is 1. The highest BCUT2D eigenvalue weighted by molar-refractivity contribution is 9.10. The summed E-state index contributed by atoms with van der Waals surface area (Å²) in [7, 11) is 1.63. The Morgan fingerprint density at radius 3 is 2.60 bits per heavy atom. The minimum absolute atomic E-state index is 0.00337. The predicted molar refractivity (Wildman–Crippen MR) is 84.5 cm³/mol. The molecule has 0 aliphatic heterocycles. The van der Waals surface area contributed by atoms with Crippen molar-refractivity contribution in [1.29, 1.82) is 0 Å². The fourth-order valence-electron chi connectivity index (χ4n) is 2.31. The van der Waals surface area contributed by atoms with Gasteiger partial charge in [-0.25, -0.2) is 0 Å². The number of alkyl halides is 1. The first-order valence-corrected chi connectivity index (χ1v) is 7.44. The second kappa shape index (κ2) is 6.02. The fourth-order valence-corrected chi connectivity index (χ4v) is 2.98. The molecule has 3 nitrogen and oxygen atoms in total. The van der Waals surface area contributed by atoms with Crippen LogP contribution < -0.4 is 4.74 Å². The molecule has 0 saturated heterocycles. The predicted octanol–water partition coefficient (Wildman–Crippen LogP) is 4.29. The van der Waals surface area contributed by atoms with Crippen LogP contribution in [0, 0.1) is 13.8 Å². The fraction of sp³-hybridized carbons (Fsp3) is 0.267. The van der Waals surface area contributed by atoms with Crippen LogP contribution >= 0.6 is 27.5 Å². The lowest BCUT2D eigenvalue weighted by atomic mass is 10.2. The van der Waals surface area contributed by atoms with Gasteiger partial charge in [0.15, 0.2) is 5.78 Å². The number of methoxy groups -OCH3 is 1. The number of Topliss-reactive ketones (excluding diaryl/α,β-unsaturated/α-hetero) is 1. The Morgan fingerprint density at radius 1 is 1.35 bits per heavy atom. The number of rotatable bonds is 4. The second-order valence-corrected chi connectivity index (χ2v) is 5.62. The summed E-state index contributed by atoms with van der Waals surface area (Å²) in [6.45, 7) is 3.89. The Bertz CT molecular complexity index is 664. The minimum Gasteiger partial charge on any atom is -0.496 e. The van der Waals surface area contributed by atoms with Crippen molar-refractivity contribution in [3.05, 3.63) is 45.7 Å². The van der Waals surface area contributed by atoms with E-state index >= 15 is 0 Å². The monoisotopic (exact) mass is 355 g/mol. The van der Waals surface area contributed by atoms with Crippen molar-refractivity contribution in [2.45, 2.75) is 13.8 Å². The first kappa shape index (κ1) is 15.1. The van der Waals surface area contributed by atoms with E-state index in [0.29, 0.717) is 5.56 Å². The third-order valence-corrected chi connectivity index (χ3v) is 4.11. The van der Waals surface area contributed by atoms with Gasteiger partial charge in [0.25, 0.3) is 0 Å². The zero-order chi connectivity index (χ0) is 14.9. The maximum atomic E-state index is 11.8. The highest BCUT2D eigenvalue weighted by Crippen LogP contribution is 2.29. The van der Waals surface area contributed by atoms with Crippen molar-refractivity contribution in [2.24, 2.45) is 0 Å². The molecule has 0 atom stereocenters. The Morgan fingerprint density at radius 2 is 2.05 bits per heavy atom. The molecule has 0 saturated carbocycles. The first-order valence-electron chi connectivity index (χ1n) is 6.11. The number of aromatic nitrogens is 1. The largest absolute Gasteiger partial charge is 0.496 e. The molecule has 1 aromatic carbocycles. The molecule has 1 aromatic heterocycles. The van der Waals surface area contributed by atoms with Crippen LogP contribution in [-0.2, 0) is 0 Å². The van der Waals surface area contributed by atoms with Gasteiger partial charge in [0.2, 0.25) is 0 Å². The van der Waals surface area contributed by atoms with Crippen LogP contribution in [0.1, 0.15) is 21.7 Å². The molecule has 0 bridgehead atoms. The normalized spacial score (nSPS) is 10.7. The smallest absolute Gasteiger partial charge is 0.179 e. The molecule has 0 spiro atoms. The van der Waals surface area contributed by atoms with Crippen LogP contribution in [-0.4, -0.2) is 23.3 Å². The third kappa shape index (κ3) is 2.63. The van der Waals surface area contributed by atoms with E-state index in [1.165, 1.54) is 0 Å². The summed E-state index contributed by atoms with van der Waals surface area (Å²) in [4.78, 5) is 11.8. The van der Waals surface area contributed by atoms with E-state index in [1.54, 1.807) is 7.11 Å². The molecule has 0 radical (unpaired) electrons. The van der Waals surface area contributed by atoms with Gasteiger partial charge in [0.1, 0.15) is 5.75 Å². The van der Waals surface area contributed by atoms with Crippen molar-refractivity contribution >= 4 is 33.3 Å². The number of hydrogen-bond acceptors (Lipinski definition) is 2. The Labute approximate surface area is 131 Å². The maximum Gasteiger partial charge on any atom is 0.179 e. The lowest BCUT2D eigenvalue weighted by Crippen LogP contribution is -2.04. The molecule has 2 rings (SSSR count). The lowest BCUT2D eigenvalue weighted by molar-refractivity contribution is 0.102. The van der Waals surface area contributed by atoms with Crippen molar-refractivity contribution in [2.75, 3.05) is 13.0 Å². The van der Waals surface area contributed by atoms with Crippen LogP contribution in [0.5, 0.6) is 5.75 Å². The van der Waals surface area contributed by atoms with Gasteiger partial charge < -0.3 is 9.30 Å². The summed E-state index contributed by atoms with van der Waals surface area (Å²) in [5.74, 6) is 0.711. The molecule has 0 aliphatic carbocycles. The number of ketones is 1. The molecule has 0 aliphatic rings. The van der Waals surface area contributed by atoms with Crippen LogP contribution in [0.4, 0.5) is 0 Å². The van der Waals surface area contributed by atoms with E-state index in [1.807, 2.05) is 42.7 Å². The highest BCUT2D eigenvalue weighted by atomic mass is 79.9. The van der Waals surface area contributed by atoms with Crippen molar-refractivity contribution < 1.29 is 9.53 Å². The molecule has 0 amide bonds. The number of ether oxygens (including phenoxy) is 1. The summed E-state index contributed by atoms with van der Waals surface area (Å²) < 4.78 is 8.13. The summed E-state index contributed by atoms with van der Waals surface area (Å²) in [5.41, 5.74) is 3.53. The van der Waals surface area contributed by atoms with E-state index in [9.17, 15) is 4.79 Å². The molecule has 2 aromatic rings. The van der Waals surface area contributed by atoms with Gasteiger partial charge >= 0.3 is 0 Å². The van der Waals surface area contributed by atoms with Crippen LogP contribution in [0.15, 0.2) is 28.7 Å². The van der Waals surface area contributed by atoms with E-state index in [4.69, 9.17) is 16.3 Å². The molecule has 0 N–H and O–H groups in total. The zero-order valence-corrected chi connectivity index (χ0v) is 13.9. The molecular formula is C15H15BrClNO2. The van der Waals surface area contributed by atoms with Gasteiger partial charge in [-0.05, 0) is 54.0 Å². The molecule has 20 heavy (non-hydrogen) atoms. The van der Waals surface area contributed by atoms with Gasteiger partial charge in [-0.2, -0.15) is 0 Å². The Hall–Kier alpha value is -1.26. The van der Waals surface area contributed by atoms with Gasteiger partial charge in [-0.15, -0.1) is 11.6 Å². The van der Waals surface area contributed by atoms with Gasteiger partial charge in [0, 0.05) is 22.6 Å². The van der Waals surface area contributed by atoms with Gasteiger partial charge in [-0.3, -0.25) is 4.79 Å². The average Bonchev–Trinajstić information content (AvgIpc) is 2.73. The molecule has 0 fully saturated rings. The quantitative estimate of drug-likeness (QED) is 0.604. The van der Waals surface area contributed by atoms with E-state index < -0.39 is 0 Å². The number of hydrogen-bond donors (Lipinski definition) is 0. The zero-order valence-electron chi connectivity index (χ0n) is 11.5. The first-order chi connectivity index (χ1) is 9.49. The van der Waals surface area contributed by atoms with Gasteiger partial charge in [0.05, 0.1) is 17.5 Å². The molecule has 5 heteroatoms. The second-order valence-electron chi connectivity index (χ2n) is 4.50. The SMILES string of the molecule is COc1ccc(-n2c(C)cc(C(=O)CCl)c2C)cc1Br. The Kier molecular flexibility index (Phi) is 4.55. The van der Waals surface area contributed by atoms with Crippen LogP contribution in [0.25, 0.3) is 5.69 Å². The van der Waals surface area contributed by atoms with Crippen molar-refractivity contribution in [3.8, 4) is 11.4 Å². The number of benzene rings is 1. The Balaban J connectivity index is 2.56. The summed E-state index contributed by atoms with van der Waals surface area (Å²) in [6, 6.07) is 7.69. The highest BCUT2D eigenvalue weighted by Gasteiger charge is 2.16. The van der Waals surface area contributed by atoms with Gasteiger partial charge in [-0.1, -0.05) is 0 Å².